The zero-order chi connectivity index (χ0) is 19.1. The van der Waals surface area contributed by atoms with Gasteiger partial charge in [-0.1, -0.05) is 30.3 Å². The number of ether oxygens (including phenoxy) is 1. The molecule has 27 heavy (non-hydrogen) atoms. The van der Waals surface area contributed by atoms with Crippen LogP contribution in [-0.2, 0) is 17.9 Å². The van der Waals surface area contributed by atoms with Crippen LogP contribution in [0.3, 0.4) is 0 Å². The smallest absolute Gasteiger partial charge is 0.222 e. The Morgan fingerprint density at radius 1 is 1.19 bits per heavy atom. The number of nitrogens with one attached hydrogen (secondary N) is 2. The van der Waals surface area contributed by atoms with Gasteiger partial charge in [0.25, 0.3) is 0 Å². The Balaban J connectivity index is 1.62. The van der Waals surface area contributed by atoms with Gasteiger partial charge in [-0.15, -0.1) is 0 Å². The number of carbonyl (C=O) groups is 1. The highest BCUT2D eigenvalue weighted by molar-refractivity contribution is 7.71. The highest BCUT2D eigenvalue weighted by Gasteiger charge is 2.11. The SMILES string of the molecule is CCOc1ccc(-c2n[nH]c(=S)n2CCC(=O)NCc2ccccc2)cc1. The second-order valence-electron chi connectivity index (χ2n) is 5.97. The van der Waals surface area contributed by atoms with Gasteiger partial charge in [-0.2, -0.15) is 5.10 Å². The van der Waals surface area contributed by atoms with Crippen molar-refractivity contribution in [3.8, 4) is 17.1 Å². The van der Waals surface area contributed by atoms with Crippen LogP contribution in [0.5, 0.6) is 5.75 Å². The third kappa shape index (κ3) is 5.04. The van der Waals surface area contributed by atoms with E-state index in [0.717, 1.165) is 16.9 Å². The number of hydrogen-bond donors (Lipinski definition) is 2. The highest BCUT2D eigenvalue weighted by Crippen LogP contribution is 2.21. The number of benzene rings is 2. The van der Waals surface area contributed by atoms with Gasteiger partial charge in [0.05, 0.1) is 6.61 Å². The minimum absolute atomic E-state index is 0.0282. The van der Waals surface area contributed by atoms with Gasteiger partial charge in [0.2, 0.25) is 5.91 Å². The van der Waals surface area contributed by atoms with Crippen molar-refractivity contribution >= 4 is 18.1 Å². The summed E-state index contributed by atoms with van der Waals surface area (Å²) < 4.78 is 7.80. The molecule has 140 valence electrons. The van der Waals surface area contributed by atoms with E-state index in [1.54, 1.807) is 0 Å². The maximum atomic E-state index is 12.2. The van der Waals surface area contributed by atoms with Gasteiger partial charge in [-0.05, 0) is 49.0 Å². The molecule has 1 heterocycles. The molecule has 3 rings (SSSR count). The summed E-state index contributed by atoms with van der Waals surface area (Å²) in [7, 11) is 0. The Bertz CT molecular complexity index is 933. The molecule has 0 radical (unpaired) electrons. The van der Waals surface area contributed by atoms with Gasteiger partial charge >= 0.3 is 0 Å². The quantitative estimate of drug-likeness (QED) is 0.583. The summed E-state index contributed by atoms with van der Waals surface area (Å²) in [6.45, 7) is 3.54. The van der Waals surface area contributed by atoms with Crippen LogP contribution in [0.2, 0.25) is 0 Å². The Labute approximate surface area is 163 Å². The molecule has 0 spiro atoms. The lowest BCUT2D eigenvalue weighted by molar-refractivity contribution is -0.121. The Hall–Kier alpha value is -2.93. The Morgan fingerprint density at radius 2 is 1.93 bits per heavy atom. The zero-order valence-electron chi connectivity index (χ0n) is 15.1. The Kier molecular flexibility index (Phi) is 6.38. The van der Waals surface area contributed by atoms with E-state index in [1.165, 1.54) is 0 Å². The summed E-state index contributed by atoms with van der Waals surface area (Å²) in [4.78, 5) is 12.2. The summed E-state index contributed by atoms with van der Waals surface area (Å²) in [6, 6.07) is 17.5. The first kappa shape index (κ1) is 18.8. The summed E-state index contributed by atoms with van der Waals surface area (Å²) in [5, 5.41) is 10.0. The third-order valence-corrected chi connectivity index (χ3v) is 4.39. The molecule has 6 nitrogen and oxygen atoms in total. The molecule has 0 aliphatic carbocycles. The van der Waals surface area contributed by atoms with E-state index in [1.807, 2.05) is 66.1 Å². The first-order valence-electron chi connectivity index (χ1n) is 8.86. The van der Waals surface area contributed by atoms with Crippen LogP contribution in [0.25, 0.3) is 11.4 Å². The van der Waals surface area contributed by atoms with Crippen LogP contribution < -0.4 is 10.1 Å². The van der Waals surface area contributed by atoms with Gasteiger partial charge in [-0.3, -0.25) is 14.5 Å². The number of aromatic amines is 1. The molecule has 0 unspecified atom stereocenters. The topological polar surface area (TPSA) is 71.9 Å². The second-order valence-corrected chi connectivity index (χ2v) is 6.36. The molecule has 0 aliphatic heterocycles. The van der Waals surface area contributed by atoms with Crippen molar-refractivity contribution < 1.29 is 9.53 Å². The van der Waals surface area contributed by atoms with E-state index < -0.39 is 0 Å². The van der Waals surface area contributed by atoms with Gasteiger partial charge in [0.15, 0.2) is 10.6 Å². The molecule has 0 aliphatic rings. The van der Waals surface area contributed by atoms with Gasteiger partial charge in [-0.25, -0.2) is 0 Å². The number of aromatic nitrogens is 3. The van der Waals surface area contributed by atoms with Crippen molar-refractivity contribution in [2.45, 2.75) is 26.4 Å². The molecule has 0 saturated heterocycles. The van der Waals surface area contributed by atoms with Gasteiger partial charge < -0.3 is 10.1 Å². The van der Waals surface area contributed by atoms with E-state index in [2.05, 4.69) is 15.5 Å². The highest BCUT2D eigenvalue weighted by atomic mass is 32.1. The molecule has 1 aromatic heterocycles. The van der Waals surface area contributed by atoms with Crippen molar-refractivity contribution in [1.29, 1.82) is 0 Å². The van der Waals surface area contributed by atoms with Crippen LogP contribution in [0.1, 0.15) is 18.9 Å². The zero-order valence-corrected chi connectivity index (χ0v) is 16.0. The third-order valence-electron chi connectivity index (χ3n) is 4.08. The maximum absolute atomic E-state index is 12.2. The number of nitrogens with zero attached hydrogens (tertiary/aromatic N) is 2. The summed E-state index contributed by atoms with van der Waals surface area (Å²) in [5.41, 5.74) is 1.98. The number of rotatable bonds is 8. The molecule has 0 atom stereocenters. The lowest BCUT2D eigenvalue weighted by Gasteiger charge is -2.09. The Morgan fingerprint density at radius 3 is 2.63 bits per heavy atom. The summed E-state index contributed by atoms with van der Waals surface area (Å²) in [5.74, 6) is 1.49. The fourth-order valence-corrected chi connectivity index (χ4v) is 2.93. The molecule has 0 saturated carbocycles. The van der Waals surface area contributed by atoms with E-state index >= 15 is 0 Å². The molecule has 0 fully saturated rings. The van der Waals surface area contributed by atoms with Crippen LogP contribution in [0.15, 0.2) is 54.6 Å². The number of H-pyrrole nitrogens is 1. The van der Waals surface area contributed by atoms with Crippen molar-refractivity contribution in [2.75, 3.05) is 6.61 Å². The molecular weight excluding hydrogens is 360 g/mol. The number of amides is 1. The summed E-state index contributed by atoms with van der Waals surface area (Å²) >= 11 is 5.32. The fourth-order valence-electron chi connectivity index (χ4n) is 2.71. The van der Waals surface area contributed by atoms with Crippen molar-refractivity contribution in [2.24, 2.45) is 0 Å². The monoisotopic (exact) mass is 382 g/mol. The number of hydrogen-bond acceptors (Lipinski definition) is 4. The summed E-state index contributed by atoms with van der Waals surface area (Å²) in [6.07, 6.45) is 0.324. The van der Waals surface area contributed by atoms with Crippen molar-refractivity contribution in [3.63, 3.8) is 0 Å². The van der Waals surface area contributed by atoms with Gasteiger partial charge in [0, 0.05) is 25.1 Å². The van der Waals surface area contributed by atoms with E-state index in [-0.39, 0.29) is 5.91 Å². The van der Waals surface area contributed by atoms with Crippen LogP contribution >= 0.6 is 12.2 Å². The molecule has 0 bridgehead atoms. The predicted octanol–water partition coefficient (Wildman–Crippen LogP) is 3.71. The van der Waals surface area contributed by atoms with Gasteiger partial charge in [0.1, 0.15) is 5.75 Å². The van der Waals surface area contributed by atoms with Crippen molar-refractivity contribution in [3.05, 3.63) is 64.9 Å². The van der Waals surface area contributed by atoms with E-state index in [9.17, 15) is 4.79 Å². The second kappa shape index (κ2) is 9.14. The maximum Gasteiger partial charge on any atom is 0.222 e. The first-order valence-corrected chi connectivity index (χ1v) is 9.27. The fraction of sp³-hybridized carbons (Fsp3) is 0.250. The molecule has 2 aromatic carbocycles. The van der Waals surface area contributed by atoms with E-state index in [4.69, 9.17) is 17.0 Å². The average Bonchev–Trinajstić information content (AvgIpc) is 3.07. The standard InChI is InChI=1S/C20H22N4O2S/c1-2-26-17-10-8-16(9-11-17)19-22-23-20(27)24(19)13-12-18(25)21-14-15-6-4-3-5-7-15/h3-11H,2,12-14H2,1H3,(H,21,25)(H,23,27). The molecular formula is C20H22N4O2S. The minimum Gasteiger partial charge on any atom is -0.494 e. The van der Waals surface area contributed by atoms with E-state index in [0.29, 0.717) is 36.7 Å². The molecule has 3 aromatic rings. The predicted molar refractivity (Wildman–Crippen MR) is 107 cm³/mol. The number of carbonyl (C=O) groups excluding carboxylic acids is 1. The van der Waals surface area contributed by atoms with Crippen LogP contribution in [0.4, 0.5) is 0 Å². The lowest BCUT2D eigenvalue weighted by Crippen LogP contribution is -2.24. The van der Waals surface area contributed by atoms with Crippen LogP contribution in [0, 0.1) is 4.77 Å². The normalized spacial score (nSPS) is 10.6. The van der Waals surface area contributed by atoms with Crippen molar-refractivity contribution in [1.82, 2.24) is 20.1 Å². The first-order chi connectivity index (χ1) is 13.2. The largest absolute Gasteiger partial charge is 0.494 e. The van der Waals surface area contributed by atoms with Crippen LogP contribution in [-0.4, -0.2) is 27.3 Å². The average molecular weight is 382 g/mol. The molecule has 7 heteroatoms. The lowest BCUT2D eigenvalue weighted by atomic mass is 10.2. The molecule has 2 N–H and O–H groups in total. The molecule has 1 amide bonds. The minimum atomic E-state index is -0.0282.